The summed E-state index contributed by atoms with van der Waals surface area (Å²) in [7, 11) is 1.65. The van der Waals surface area contributed by atoms with E-state index in [0.29, 0.717) is 18.6 Å². The van der Waals surface area contributed by atoms with Crippen LogP contribution in [0.3, 0.4) is 0 Å². The lowest BCUT2D eigenvalue weighted by Gasteiger charge is -2.29. The van der Waals surface area contributed by atoms with E-state index in [0.717, 1.165) is 17.7 Å². The van der Waals surface area contributed by atoms with E-state index in [1.54, 1.807) is 7.11 Å². The van der Waals surface area contributed by atoms with Gasteiger partial charge in [0.2, 0.25) is 0 Å². The smallest absolute Gasteiger partial charge is 0.319 e. The molecule has 2 atom stereocenters. The first-order chi connectivity index (χ1) is 9.70. The van der Waals surface area contributed by atoms with Gasteiger partial charge in [-0.3, -0.25) is 0 Å². The molecule has 2 rings (SSSR count). The summed E-state index contributed by atoms with van der Waals surface area (Å²) in [6.45, 7) is 2.71. The highest BCUT2D eigenvalue weighted by molar-refractivity contribution is 5.90. The highest BCUT2D eigenvalue weighted by Crippen LogP contribution is 2.24. The van der Waals surface area contributed by atoms with Crippen molar-refractivity contribution in [2.75, 3.05) is 12.4 Å². The van der Waals surface area contributed by atoms with Gasteiger partial charge >= 0.3 is 6.03 Å². The van der Waals surface area contributed by atoms with Gasteiger partial charge in [-0.2, -0.15) is 0 Å². The zero-order valence-corrected chi connectivity index (χ0v) is 12.3. The number of urea groups is 1. The number of rotatable bonds is 4. The fraction of sp³-hybridized carbons (Fsp3) is 0.562. The van der Waals surface area contributed by atoms with Crippen LogP contribution in [-0.4, -0.2) is 19.2 Å². The predicted molar refractivity (Wildman–Crippen MR) is 80.7 cm³/mol. The summed E-state index contributed by atoms with van der Waals surface area (Å²) in [6.07, 6.45) is 4.76. The number of hydrogen-bond acceptors (Lipinski definition) is 2. The van der Waals surface area contributed by atoms with E-state index in [9.17, 15) is 4.79 Å². The van der Waals surface area contributed by atoms with Crippen molar-refractivity contribution in [3.8, 4) is 0 Å². The third-order valence-corrected chi connectivity index (χ3v) is 3.99. The molecule has 1 aliphatic carbocycles. The Morgan fingerprint density at radius 2 is 2.05 bits per heavy atom. The monoisotopic (exact) mass is 276 g/mol. The van der Waals surface area contributed by atoms with Crippen LogP contribution in [0.25, 0.3) is 0 Å². The SMILES string of the molecule is COCc1ccccc1NC(=O)N[C@H]1CCCC[C@H]1C. The van der Waals surface area contributed by atoms with Crippen LogP contribution in [0.2, 0.25) is 0 Å². The molecule has 4 nitrogen and oxygen atoms in total. The molecular weight excluding hydrogens is 252 g/mol. The van der Waals surface area contributed by atoms with Crippen LogP contribution in [0.1, 0.15) is 38.2 Å². The van der Waals surface area contributed by atoms with Gasteiger partial charge in [-0.25, -0.2) is 4.79 Å². The second-order valence-corrected chi connectivity index (χ2v) is 5.56. The summed E-state index contributed by atoms with van der Waals surface area (Å²) >= 11 is 0. The van der Waals surface area contributed by atoms with Gasteiger partial charge in [-0.1, -0.05) is 38.0 Å². The number of anilines is 1. The summed E-state index contributed by atoms with van der Waals surface area (Å²) in [5, 5.41) is 6.03. The molecule has 0 heterocycles. The summed E-state index contributed by atoms with van der Waals surface area (Å²) in [4.78, 5) is 12.1. The van der Waals surface area contributed by atoms with Crippen molar-refractivity contribution < 1.29 is 9.53 Å². The number of carbonyl (C=O) groups is 1. The Morgan fingerprint density at radius 3 is 2.80 bits per heavy atom. The van der Waals surface area contributed by atoms with Crippen molar-refractivity contribution >= 4 is 11.7 Å². The van der Waals surface area contributed by atoms with Crippen LogP contribution >= 0.6 is 0 Å². The fourth-order valence-electron chi connectivity index (χ4n) is 2.78. The molecule has 2 N–H and O–H groups in total. The molecule has 1 saturated carbocycles. The topological polar surface area (TPSA) is 50.4 Å². The van der Waals surface area contributed by atoms with Crippen molar-refractivity contribution in [2.24, 2.45) is 5.92 Å². The minimum atomic E-state index is -0.118. The second kappa shape index (κ2) is 7.29. The minimum Gasteiger partial charge on any atom is -0.380 e. The molecule has 1 aromatic rings. The van der Waals surface area contributed by atoms with Crippen molar-refractivity contribution in [2.45, 2.75) is 45.3 Å². The fourth-order valence-corrected chi connectivity index (χ4v) is 2.78. The molecule has 2 amide bonds. The molecule has 0 saturated heterocycles. The lowest BCUT2D eigenvalue weighted by atomic mass is 9.86. The molecular formula is C16H24N2O2. The van der Waals surface area contributed by atoms with Crippen LogP contribution in [0.5, 0.6) is 0 Å². The van der Waals surface area contributed by atoms with Gasteiger partial charge in [-0.05, 0) is 24.8 Å². The molecule has 1 aliphatic rings. The third-order valence-electron chi connectivity index (χ3n) is 3.99. The number of benzene rings is 1. The van der Waals surface area contributed by atoms with Crippen LogP contribution < -0.4 is 10.6 Å². The molecule has 20 heavy (non-hydrogen) atoms. The lowest BCUT2D eigenvalue weighted by Crippen LogP contribution is -2.43. The standard InChI is InChI=1S/C16H24N2O2/c1-12-7-3-5-9-14(12)17-16(19)18-15-10-6-4-8-13(15)11-20-2/h4,6,8,10,12,14H,3,5,7,9,11H2,1-2H3,(H2,17,18,19)/t12-,14+/m1/s1. The van der Waals surface area contributed by atoms with Gasteiger partial charge in [0.15, 0.2) is 0 Å². The molecule has 110 valence electrons. The van der Waals surface area contributed by atoms with E-state index in [-0.39, 0.29) is 6.03 Å². The Morgan fingerprint density at radius 1 is 1.30 bits per heavy atom. The highest BCUT2D eigenvalue weighted by Gasteiger charge is 2.22. The molecule has 0 radical (unpaired) electrons. The van der Waals surface area contributed by atoms with Crippen molar-refractivity contribution in [1.82, 2.24) is 5.32 Å². The van der Waals surface area contributed by atoms with Gasteiger partial charge in [0, 0.05) is 24.4 Å². The maximum Gasteiger partial charge on any atom is 0.319 e. The first kappa shape index (κ1) is 14.9. The Bertz CT molecular complexity index is 448. The minimum absolute atomic E-state index is 0.118. The molecule has 0 unspecified atom stereocenters. The second-order valence-electron chi connectivity index (χ2n) is 5.56. The molecule has 0 aromatic heterocycles. The number of methoxy groups -OCH3 is 1. The summed E-state index contributed by atoms with van der Waals surface area (Å²) in [5.41, 5.74) is 1.80. The van der Waals surface area contributed by atoms with Crippen LogP contribution in [0, 0.1) is 5.92 Å². The van der Waals surface area contributed by atoms with Crippen LogP contribution in [0.15, 0.2) is 24.3 Å². The normalized spacial score (nSPS) is 22.3. The molecule has 1 fully saturated rings. The maximum atomic E-state index is 12.1. The Kier molecular flexibility index (Phi) is 5.41. The number of hydrogen-bond donors (Lipinski definition) is 2. The average Bonchev–Trinajstić information content (AvgIpc) is 2.44. The van der Waals surface area contributed by atoms with Crippen molar-refractivity contribution in [1.29, 1.82) is 0 Å². The van der Waals surface area contributed by atoms with Crippen molar-refractivity contribution in [3.63, 3.8) is 0 Å². The first-order valence-corrected chi connectivity index (χ1v) is 7.35. The molecule has 4 heteroatoms. The maximum absolute atomic E-state index is 12.1. The largest absolute Gasteiger partial charge is 0.380 e. The molecule has 0 aliphatic heterocycles. The Balaban J connectivity index is 1.94. The Labute approximate surface area is 120 Å². The predicted octanol–water partition coefficient (Wildman–Crippen LogP) is 3.53. The van der Waals surface area contributed by atoms with E-state index in [4.69, 9.17) is 4.74 Å². The first-order valence-electron chi connectivity index (χ1n) is 7.35. The highest BCUT2D eigenvalue weighted by atomic mass is 16.5. The number of nitrogens with one attached hydrogen (secondary N) is 2. The van der Waals surface area contributed by atoms with E-state index in [2.05, 4.69) is 17.6 Å². The summed E-state index contributed by atoms with van der Waals surface area (Å²) in [5.74, 6) is 0.559. The van der Waals surface area contributed by atoms with E-state index >= 15 is 0 Å². The Hall–Kier alpha value is -1.55. The number of carbonyl (C=O) groups excluding carboxylic acids is 1. The average molecular weight is 276 g/mol. The quantitative estimate of drug-likeness (QED) is 0.883. The van der Waals surface area contributed by atoms with E-state index in [1.165, 1.54) is 19.3 Å². The van der Waals surface area contributed by atoms with Crippen LogP contribution in [0.4, 0.5) is 10.5 Å². The van der Waals surface area contributed by atoms with Gasteiger partial charge in [-0.15, -0.1) is 0 Å². The summed E-state index contributed by atoms with van der Waals surface area (Å²) in [6, 6.07) is 7.89. The summed E-state index contributed by atoms with van der Waals surface area (Å²) < 4.78 is 5.15. The zero-order valence-electron chi connectivity index (χ0n) is 12.3. The number of amides is 2. The van der Waals surface area contributed by atoms with E-state index in [1.807, 2.05) is 24.3 Å². The third kappa shape index (κ3) is 3.97. The molecule has 1 aromatic carbocycles. The van der Waals surface area contributed by atoms with Crippen molar-refractivity contribution in [3.05, 3.63) is 29.8 Å². The van der Waals surface area contributed by atoms with Gasteiger partial charge in [0.25, 0.3) is 0 Å². The van der Waals surface area contributed by atoms with Gasteiger partial charge in [0.1, 0.15) is 0 Å². The van der Waals surface area contributed by atoms with Crippen LogP contribution in [-0.2, 0) is 11.3 Å². The lowest BCUT2D eigenvalue weighted by molar-refractivity contribution is 0.185. The number of para-hydroxylation sites is 1. The zero-order chi connectivity index (χ0) is 14.4. The van der Waals surface area contributed by atoms with Gasteiger partial charge < -0.3 is 15.4 Å². The number of ether oxygens (including phenoxy) is 1. The molecule has 0 spiro atoms. The molecule has 0 bridgehead atoms. The van der Waals surface area contributed by atoms with Gasteiger partial charge in [0.05, 0.1) is 6.61 Å². The van der Waals surface area contributed by atoms with E-state index < -0.39 is 0 Å².